The number of hydrogen-bond donors (Lipinski definition) is 2. The minimum Gasteiger partial charge on any atom is -0.381 e. The van der Waals surface area contributed by atoms with Crippen molar-refractivity contribution in [3.05, 3.63) is 82.9 Å². The summed E-state index contributed by atoms with van der Waals surface area (Å²) in [4.78, 5) is 31.3. The van der Waals surface area contributed by atoms with Crippen molar-refractivity contribution in [3.63, 3.8) is 0 Å². The maximum atomic E-state index is 14.2. The molecule has 52 heavy (non-hydrogen) atoms. The molecule has 10 radical (unpaired) electrons. The van der Waals surface area contributed by atoms with Crippen molar-refractivity contribution < 1.29 is 36.3 Å². The number of carbonyl (C=O) groups excluding carboxylic acids is 2. The molecule has 258 valence electrons. The van der Waals surface area contributed by atoms with Gasteiger partial charge in [-0.2, -0.15) is 18.3 Å². The standard InChI is InChI=1S/C33H28B5F5N6O3/c34-31(35,19-13-20(39)16-21(40)14-19)18-1-4-26-25(15-18)28(46-45-26)44-29(50)24-3-2-23(47-7-9-48(10-8-47)33(36,37)38)17-27(24)49(30(51)32(41,42)43)22-5-11-52-12-6-22/h1-4,13-17,22H,5-12H2,(H2,44,45,46,50). The zero-order valence-electron chi connectivity index (χ0n) is 27.7. The minimum absolute atomic E-state index is 0.0529. The van der Waals surface area contributed by atoms with Gasteiger partial charge in [0.25, 0.3) is 5.91 Å². The van der Waals surface area contributed by atoms with E-state index in [0.29, 0.717) is 48.3 Å². The van der Waals surface area contributed by atoms with Crippen LogP contribution >= 0.6 is 0 Å². The highest BCUT2D eigenvalue weighted by Gasteiger charge is 2.46. The number of benzene rings is 3. The van der Waals surface area contributed by atoms with Gasteiger partial charge in [0.15, 0.2) is 5.82 Å². The normalized spacial score (nSPS) is 16.6. The number of aromatic nitrogens is 2. The fourth-order valence-electron chi connectivity index (χ4n) is 6.51. The van der Waals surface area contributed by atoms with Crippen LogP contribution in [-0.2, 0) is 14.7 Å². The molecule has 0 bridgehead atoms. The van der Waals surface area contributed by atoms with Crippen molar-refractivity contribution >= 4 is 79.1 Å². The van der Waals surface area contributed by atoms with E-state index in [1.807, 2.05) is 4.90 Å². The number of hydrogen-bond acceptors (Lipinski definition) is 6. The second kappa shape index (κ2) is 14.3. The van der Waals surface area contributed by atoms with Crippen LogP contribution < -0.4 is 15.1 Å². The lowest BCUT2D eigenvalue weighted by atomic mass is 9.48. The number of carbonyl (C=O) groups is 2. The molecule has 19 heteroatoms. The van der Waals surface area contributed by atoms with Crippen LogP contribution in [-0.4, -0.2) is 123 Å². The van der Waals surface area contributed by atoms with E-state index in [4.69, 9.17) is 44.0 Å². The molecule has 9 nitrogen and oxygen atoms in total. The number of rotatable bonds is 8. The van der Waals surface area contributed by atoms with Crippen LogP contribution in [0, 0.1) is 11.6 Å². The summed E-state index contributed by atoms with van der Waals surface area (Å²) in [6.07, 6.45) is -5.07. The molecule has 3 aromatic carbocycles. The number of piperazine rings is 1. The van der Waals surface area contributed by atoms with Gasteiger partial charge in [0.2, 0.25) is 0 Å². The first kappa shape index (κ1) is 37.5. The quantitative estimate of drug-likeness (QED) is 0.217. The highest BCUT2D eigenvalue weighted by atomic mass is 19.4. The second-order valence-electron chi connectivity index (χ2n) is 12.9. The van der Waals surface area contributed by atoms with E-state index in [2.05, 4.69) is 15.5 Å². The maximum absolute atomic E-state index is 14.2. The fourth-order valence-corrected chi connectivity index (χ4v) is 6.51. The third-order valence-corrected chi connectivity index (χ3v) is 9.31. The summed E-state index contributed by atoms with van der Waals surface area (Å²) in [6.45, 7) is 1.58. The Bertz CT molecular complexity index is 1960. The molecule has 2 amide bonds. The molecule has 4 aromatic rings. The van der Waals surface area contributed by atoms with E-state index in [-0.39, 0.29) is 59.6 Å². The van der Waals surface area contributed by atoms with E-state index < -0.39 is 46.1 Å². The number of halogens is 5. The van der Waals surface area contributed by atoms with Crippen LogP contribution in [0.3, 0.4) is 0 Å². The van der Waals surface area contributed by atoms with E-state index >= 15 is 0 Å². The van der Waals surface area contributed by atoms with Crippen molar-refractivity contribution in [1.82, 2.24) is 15.1 Å². The van der Waals surface area contributed by atoms with Gasteiger partial charge in [-0.05, 0) is 60.9 Å². The number of ether oxygens (including phenoxy) is 1. The van der Waals surface area contributed by atoms with Crippen LogP contribution in [0.2, 0.25) is 0 Å². The molecule has 6 rings (SSSR count). The van der Waals surface area contributed by atoms with Gasteiger partial charge in [-0.25, -0.2) is 8.78 Å². The Morgan fingerprint density at radius 3 is 2.13 bits per heavy atom. The molecule has 2 saturated heterocycles. The van der Waals surface area contributed by atoms with Gasteiger partial charge in [-0.15, -0.1) is 0 Å². The Labute approximate surface area is 303 Å². The largest absolute Gasteiger partial charge is 0.471 e. The van der Waals surface area contributed by atoms with Crippen molar-refractivity contribution in [2.45, 2.75) is 35.5 Å². The summed E-state index contributed by atoms with van der Waals surface area (Å²) in [5.74, 6) is -4.85. The molecule has 2 N–H and O–H groups in total. The van der Waals surface area contributed by atoms with E-state index in [1.54, 1.807) is 11.0 Å². The Morgan fingerprint density at radius 2 is 1.52 bits per heavy atom. The van der Waals surface area contributed by atoms with Crippen LogP contribution in [0.15, 0.2) is 54.6 Å². The predicted octanol–water partition coefficient (Wildman–Crippen LogP) is 2.94. The Hall–Kier alpha value is -4.24. The summed E-state index contributed by atoms with van der Waals surface area (Å²) in [5, 5.41) is 6.36. The SMILES string of the molecule is [B]C([B])(c1cc(F)cc(F)c1)c1ccc2[nH]nc(NC(=O)c3ccc(N4CCN(C([B])([B])[B])CC4)cc3N(C(=O)C(F)(F)F)C3CCOCC3)c2c1. The first-order valence-electron chi connectivity index (χ1n) is 16.3. The molecule has 0 spiro atoms. The molecule has 0 unspecified atom stereocenters. The minimum atomic E-state index is -5.27. The van der Waals surface area contributed by atoms with Gasteiger partial charge in [0.05, 0.1) is 56.0 Å². The van der Waals surface area contributed by atoms with Crippen molar-refractivity contribution in [3.8, 4) is 0 Å². The monoisotopic (exact) mass is 706 g/mol. The third kappa shape index (κ3) is 7.75. The van der Waals surface area contributed by atoms with Crippen molar-refractivity contribution in [2.75, 3.05) is 54.5 Å². The lowest BCUT2D eigenvalue weighted by molar-refractivity contribution is -0.171. The smallest absolute Gasteiger partial charge is 0.381 e. The second-order valence-corrected chi connectivity index (χ2v) is 12.9. The third-order valence-electron chi connectivity index (χ3n) is 9.31. The number of amides is 2. The number of nitrogens with zero attached hydrogens (tertiary/aromatic N) is 4. The predicted molar refractivity (Wildman–Crippen MR) is 190 cm³/mol. The summed E-state index contributed by atoms with van der Waals surface area (Å²) < 4.78 is 76.1. The van der Waals surface area contributed by atoms with Crippen LogP contribution in [0.25, 0.3) is 10.9 Å². The van der Waals surface area contributed by atoms with Gasteiger partial charge in [-0.3, -0.25) is 14.7 Å². The summed E-state index contributed by atoms with van der Waals surface area (Å²) in [6, 6.07) is 10.5. The van der Waals surface area contributed by atoms with Crippen LogP contribution in [0.1, 0.15) is 34.3 Å². The molecule has 1 aromatic heterocycles. The fraction of sp³-hybridized carbons (Fsp3) is 0.364. The van der Waals surface area contributed by atoms with Crippen LogP contribution in [0.4, 0.5) is 39.1 Å². The van der Waals surface area contributed by atoms with Gasteiger partial charge >= 0.3 is 12.1 Å². The summed E-state index contributed by atoms with van der Waals surface area (Å²) >= 11 is 0. The molecule has 2 aliphatic heterocycles. The molecule has 3 heterocycles. The molecule has 2 aliphatic rings. The van der Waals surface area contributed by atoms with Gasteiger partial charge in [0, 0.05) is 62.6 Å². The van der Waals surface area contributed by atoms with E-state index in [1.165, 1.54) is 30.3 Å². The van der Waals surface area contributed by atoms with Gasteiger partial charge in [0.1, 0.15) is 11.6 Å². The Kier molecular flexibility index (Phi) is 10.3. The average Bonchev–Trinajstić information content (AvgIpc) is 3.49. The summed E-state index contributed by atoms with van der Waals surface area (Å²) in [7, 11) is 30.2. The highest BCUT2D eigenvalue weighted by Crippen LogP contribution is 2.36. The number of aromatic amines is 1. The highest BCUT2D eigenvalue weighted by molar-refractivity contribution is 6.59. The van der Waals surface area contributed by atoms with Crippen molar-refractivity contribution in [1.29, 1.82) is 0 Å². The van der Waals surface area contributed by atoms with E-state index in [9.17, 15) is 31.5 Å². The number of alkyl halides is 3. The van der Waals surface area contributed by atoms with Gasteiger partial charge in [-0.1, -0.05) is 22.1 Å². The lowest BCUT2D eigenvalue weighted by Crippen LogP contribution is -2.58. The molecular weight excluding hydrogens is 677 g/mol. The molecule has 0 atom stereocenters. The van der Waals surface area contributed by atoms with E-state index in [0.717, 1.165) is 12.1 Å². The summed E-state index contributed by atoms with van der Waals surface area (Å²) in [5.41, 5.74) is 0.466. The molecule has 0 saturated carbocycles. The van der Waals surface area contributed by atoms with Crippen LogP contribution in [0.5, 0.6) is 0 Å². The lowest BCUT2D eigenvalue weighted by Gasteiger charge is -2.44. The number of H-pyrrole nitrogens is 1. The van der Waals surface area contributed by atoms with Crippen molar-refractivity contribution in [2.24, 2.45) is 0 Å². The molecule has 2 fully saturated rings. The Morgan fingerprint density at radius 1 is 0.865 bits per heavy atom. The average molecular weight is 706 g/mol. The maximum Gasteiger partial charge on any atom is 0.471 e. The van der Waals surface area contributed by atoms with Gasteiger partial charge < -0.3 is 24.8 Å². The number of fused-ring (bicyclic) bond motifs is 1. The molecule has 0 aliphatic carbocycles. The number of anilines is 3. The molecular formula is C33H28B5F5N6O3. The zero-order valence-corrected chi connectivity index (χ0v) is 27.7. The topological polar surface area (TPSA) is 93.8 Å². The zero-order chi connectivity index (χ0) is 37.6. The first-order chi connectivity index (χ1) is 24.4. The number of nitrogens with one attached hydrogen (secondary N) is 2. The Balaban J connectivity index is 1.38. The first-order valence-corrected chi connectivity index (χ1v) is 16.3.